The number of amides is 1. The van der Waals surface area contributed by atoms with E-state index in [2.05, 4.69) is 5.32 Å². The van der Waals surface area contributed by atoms with E-state index < -0.39 is 10.8 Å². The number of benzene rings is 2. The predicted molar refractivity (Wildman–Crippen MR) is 93.8 cm³/mol. The molecule has 6 nitrogen and oxygen atoms in total. The number of ether oxygens (including phenoxy) is 1. The summed E-state index contributed by atoms with van der Waals surface area (Å²) < 4.78 is 5.16. The van der Waals surface area contributed by atoms with E-state index >= 15 is 0 Å². The molecule has 2 rings (SSSR count). The number of methoxy groups -OCH3 is 1. The molecular formula is C17H18N2O4S. The first-order valence-corrected chi connectivity index (χ1v) is 8.46. The number of hydrogen-bond donors (Lipinski definition) is 1. The van der Waals surface area contributed by atoms with Crippen molar-refractivity contribution < 1.29 is 14.5 Å². The van der Waals surface area contributed by atoms with Gasteiger partial charge in [0.25, 0.3) is 11.6 Å². The number of nitrogens with one attached hydrogen (secondary N) is 1. The van der Waals surface area contributed by atoms with Crippen LogP contribution in [0, 0.1) is 10.1 Å². The highest BCUT2D eigenvalue weighted by Crippen LogP contribution is 2.34. The summed E-state index contributed by atoms with van der Waals surface area (Å²) in [4.78, 5) is 24.0. The molecule has 1 amide bonds. The summed E-state index contributed by atoms with van der Waals surface area (Å²) >= 11 is 1.36. The quantitative estimate of drug-likeness (QED) is 0.488. The maximum Gasteiger partial charge on any atom is 0.285 e. The molecule has 2 aromatic carbocycles. The molecule has 0 saturated carbocycles. The highest BCUT2D eigenvalue weighted by molar-refractivity contribution is 7.98. The van der Waals surface area contributed by atoms with Crippen molar-refractivity contribution in [2.45, 2.75) is 17.9 Å². The Morgan fingerprint density at radius 2 is 1.96 bits per heavy atom. The fourth-order valence-electron chi connectivity index (χ4n) is 2.30. The molecule has 7 heteroatoms. The van der Waals surface area contributed by atoms with Crippen molar-refractivity contribution in [1.82, 2.24) is 5.32 Å². The van der Waals surface area contributed by atoms with Crippen LogP contribution in [0.15, 0.2) is 47.4 Å². The molecule has 0 heterocycles. The fraction of sp³-hybridized carbons (Fsp3) is 0.235. The summed E-state index contributed by atoms with van der Waals surface area (Å²) in [5.41, 5.74) is 0.669. The van der Waals surface area contributed by atoms with Crippen LogP contribution < -0.4 is 10.1 Å². The highest BCUT2D eigenvalue weighted by Gasteiger charge is 2.24. The second kappa shape index (κ2) is 7.83. The van der Waals surface area contributed by atoms with E-state index in [1.165, 1.54) is 31.0 Å². The van der Waals surface area contributed by atoms with Gasteiger partial charge in [0.1, 0.15) is 11.3 Å². The molecule has 0 aliphatic heterocycles. The van der Waals surface area contributed by atoms with Gasteiger partial charge in [0, 0.05) is 0 Å². The lowest BCUT2D eigenvalue weighted by Crippen LogP contribution is -2.27. The number of nitrogens with zero attached hydrogens (tertiary/aromatic N) is 1. The van der Waals surface area contributed by atoms with Gasteiger partial charge in [-0.1, -0.05) is 30.3 Å². The number of hydrogen-bond acceptors (Lipinski definition) is 5. The minimum atomic E-state index is -0.575. The molecule has 2 aromatic rings. The molecule has 0 bridgehead atoms. The monoisotopic (exact) mass is 346 g/mol. The number of nitro benzene ring substituents is 1. The zero-order valence-electron chi connectivity index (χ0n) is 13.6. The van der Waals surface area contributed by atoms with E-state index in [0.29, 0.717) is 10.6 Å². The van der Waals surface area contributed by atoms with Crippen LogP contribution in [0.3, 0.4) is 0 Å². The van der Waals surface area contributed by atoms with Crippen LogP contribution in [0.1, 0.15) is 28.9 Å². The smallest absolute Gasteiger partial charge is 0.285 e. The Hall–Kier alpha value is -2.54. The lowest BCUT2D eigenvalue weighted by Gasteiger charge is -2.15. The van der Waals surface area contributed by atoms with Gasteiger partial charge >= 0.3 is 0 Å². The molecule has 1 atom stereocenters. The minimum absolute atomic E-state index is 0.0212. The SMILES string of the molecule is COc1cc([N+](=O)[O-])c(C(=O)N[C@H](C)c2ccccc2)cc1SC. The summed E-state index contributed by atoms with van der Waals surface area (Å²) in [7, 11) is 1.44. The molecule has 0 radical (unpaired) electrons. The number of carbonyl (C=O) groups excluding carboxylic acids is 1. The molecule has 0 unspecified atom stereocenters. The molecular weight excluding hydrogens is 328 g/mol. The van der Waals surface area contributed by atoms with E-state index in [9.17, 15) is 14.9 Å². The molecule has 0 aromatic heterocycles. The van der Waals surface area contributed by atoms with Gasteiger partial charge in [-0.25, -0.2) is 0 Å². The second-order valence-electron chi connectivity index (χ2n) is 5.09. The van der Waals surface area contributed by atoms with Crippen molar-refractivity contribution in [2.24, 2.45) is 0 Å². The molecule has 0 aliphatic rings. The van der Waals surface area contributed by atoms with Crippen LogP contribution in [0.2, 0.25) is 0 Å². The third-order valence-corrected chi connectivity index (χ3v) is 4.35. The Balaban J connectivity index is 2.35. The van der Waals surface area contributed by atoms with Crippen LogP contribution in [0.5, 0.6) is 5.75 Å². The van der Waals surface area contributed by atoms with Crippen molar-refractivity contribution in [3.63, 3.8) is 0 Å². The highest BCUT2D eigenvalue weighted by atomic mass is 32.2. The summed E-state index contributed by atoms with van der Waals surface area (Å²) in [5, 5.41) is 14.1. The number of carbonyl (C=O) groups is 1. The average molecular weight is 346 g/mol. The molecule has 0 spiro atoms. The lowest BCUT2D eigenvalue weighted by atomic mass is 10.1. The third kappa shape index (κ3) is 3.86. The van der Waals surface area contributed by atoms with E-state index in [-0.39, 0.29) is 17.3 Å². The van der Waals surface area contributed by atoms with Gasteiger partial charge in [0.05, 0.1) is 29.0 Å². The molecule has 0 aliphatic carbocycles. The van der Waals surface area contributed by atoms with Gasteiger partial charge < -0.3 is 10.1 Å². The lowest BCUT2D eigenvalue weighted by molar-refractivity contribution is -0.385. The van der Waals surface area contributed by atoms with E-state index in [1.807, 2.05) is 43.5 Å². The van der Waals surface area contributed by atoms with Crippen molar-refractivity contribution >= 4 is 23.4 Å². The summed E-state index contributed by atoms with van der Waals surface area (Å²) in [6.07, 6.45) is 1.82. The summed E-state index contributed by atoms with van der Waals surface area (Å²) in [5.74, 6) is -0.113. The molecule has 24 heavy (non-hydrogen) atoms. The van der Waals surface area contributed by atoms with E-state index in [1.54, 1.807) is 0 Å². The van der Waals surface area contributed by atoms with Gasteiger partial charge in [-0.15, -0.1) is 11.8 Å². The zero-order chi connectivity index (χ0) is 17.7. The van der Waals surface area contributed by atoms with Gasteiger partial charge in [0.2, 0.25) is 0 Å². The Labute approximate surface area is 144 Å². The standard InChI is InChI=1S/C17H18N2O4S/c1-11(12-7-5-4-6-8-12)18-17(20)13-9-16(24-3)15(23-2)10-14(13)19(21)22/h4-11H,1-3H3,(H,18,20)/t11-/m1/s1. The van der Waals surface area contributed by atoms with Gasteiger partial charge in [-0.05, 0) is 24.8 Å². The number of rotatable bonds is 6. The largest absolute Gasteiger partial charge is 0.495 e. The minimum Gasteiger partial charge on any atom is -0.495 e. The van der Waals surface area contributed by atoms with Crippen LogP contribution in [0.4, 0.5) is 5.69 Å². The Morgan fingerprint density at radius 1 is 1.29 bits per heavy atom. The first-order chi connectivity index (χ1) is 11.5. The van der Waals surface area contributed by atoms with Gasteiger partial charge in [0.15, 0.2) is 0 Å². The van der Waals surface area contributed by atoms with Crippen molar-refractivity contribution in [2.75, 3.05) is 13.4 Å². The topological polar surface area (TPSA) is 81.5 Å². The summed E-state index contributed by atoms with van der Waals surface area (Å²) in [6.45, 7) is 1.83. The van der Waals surface area contributed by atoms with Crippen molar-refractivity contribution in [3.05, 3.63) is 63.7 Å². The zero-order valence-corrected chi connectivity index (χ0v) is 14.4. The second-order valence-corrected chi connectivity index (χ2v) is 5.94. The summed E-state index contributed by atoms with van der Waals surface area (Å²) in [6, 6.07) is 11.9. The van der Waals surface area contributed by atoms with Crippen molar-refractivity contribution in [3.8, 4) is 5.75 Å². The van der Waals surface area contributed by atoms with Gasteiger partial charge in [-0.2, -0.15) is 0 Å². The maximum absolute atomic E-state index is 12.6. The van der Waals surface area contributed by atoms with E-state index in [0.717, 1.165) is 5.56 Å². The van der Waals surface area contributed by atoms with Crippen LogP contribution in [-0.4, -0.2) is 24.2 Å². The van der Waals surface area contributed by atoms with E-state index in [4.69, 9.17) is 4.74 Å². The fourth-order valence-corrected chi connectivity index (χ4v) is 2.88. The third-order valence-electron chi connectivity index (χ3n) is 3.59. The maximum atomic E-state index is 12.6. The average Bonchev–Trinajstić information content (AvgIpc) is 2.60. The Morgan fingerprint density at radius 3 is 2.50 bits per heavy atom. The first-order valence-electron chi connectivity index (χ1n) is 7.24. The van der Waals surface area contributed by atoms with Crippen LogP contribution >= 0.6 is 11.8 Å². The Bertz CT molecular complexity index is 750. The van der Waals surface area contributed by atoms with Gasteiger partial charge in [-0.3, -0.25) is 14.9 Å². The molecule has 126 valence electrons. The van der Waals surface area contributed by atoms with Crippen LogP contribution in [-0.2, 0) is 0 Å². The number of thioether (sulfide) groups is 1. The Kier molecular flexibility index (Phi) is 5.81. The normalized spacial score (nSPS) is 11.6. The van der Waals surface area contributed by atoms with Crippen LogP contribution in [0.25, 0.3) is 0 Å². The first kappa shape index (κ1) is 17.8. The molecule has 0 saturated heterocycles. The molecule has 0 fully saturated rings. The van der Waals surface area contributed by atoms with Crippen molar-refractivity contribution in [1.29, 1.82) is 0 Å². The number of nitro groups is 1. The predicted octanol–water partition coefficient (Wildman–Crippen LogP) is 3.82. The molecule has 1 N–H and O–H groups in total.